The van der Waals surface area contributed by atoms with Crippen molar-refractivity contribution in [3.63, 3.8) is 0 Å². The van der Waals surface area contributed by atoms with Gasteiger partial charge in [0.1, 0.15) is 17.9 Å². The largest absolute Gasteiger partial charge is 0.453 e. The highest BCUT2D eigenvalue weighted by atomic mass is 16.5. The quantitative estimate of drug-likeness (QED) is 0.174. The predicted octanol–water partition coefficient (Wildman–Crippen LogP) is 8.88. The molecule has 4 unspecified atom stereocenters. The summed E-state index contributed by atoms with van der Waals surface area (Å²) >= 11 is 0. The van der Waals surface area contributed by atoms with Crippen LogP contribution in [0.5, 0.6) is 0 Å². The lowest BCUT2D eigenvalue weighted by Gasteiger charge is -2.38. The van der Waals surface area contributed by atoms with Crippen molar-refractivity contribution in [2.75, 3.05) is 14.2 Å². The van der Waals surface area contributed by atoms with Gasteiger partial charge in [0.15, 0.2) is 0 Å². The molecule has 3 N–H and O–H groups in total. The maximum absolute atomic E-state index is 14.3. The number of hydrogen-bond donors (Lipinski definition) is 3. The number of imidazole rings is 1. The number of aliphatic imine (C=N–C) groups is 1. The maximum Gasteiger partial charge on any atom is 0.407 e. The highest BCUT2D eigenvalue weighted by Gasteiger charge is 2.53. The van der Waals surface area contributed by atoms with Crippen LogP contribution in [0.15, 0.2) is 53.8 Å². The molecule has 4 bridgehead atoms. The Hall–Kier alpha value is -5.46. The molecule has 4 heterocycles. The Bertz CT molecular complexity index is 2430. The van der Waals surface area contributed by atoms with E-state index in [9.17, 15) is 19.2 Å². The average molecular weight is 884 g/mol. The van der Waals surface area contributed by atoms with Gasteiger partial charge in [0.2, 0.25) is 11.8 Å². The number of amides is 4. The maximum atomic E-state index is 14.3. The summed E-state index contributed by atoms with van der Waals surface area (Å²) in [4.78, 5) is 70.6. The molecule has 3 aliphatic heterocycles. The first kappa shape index (κ1) is 43.4. The van der Waals surface area contributed by atoms with Gasteiger partial charge in [0.05, 0.1) is 38.2 Å². The Morgan fingerprint density at radius 1 is 0.738 bits per heavy atom. The van der Waals surface area contributed by atoms with E-state index in [1.165, 1.54) is 79.7 Å². The Morgan fingerprint density at radius 3 is 1.91 bits per heavy atom. The lowest BCUT2D eigenvalue weighted by atomic mass is 9.76. The highest BCUT2D eigenvalue weighted by Crippen LogP contribution is 2.56. The molecule has 1 spiro atoms. The standard InChI is InChI=1S/C52H65N7O6/c1-28(2)43(56-50(62)64-5)48(60)58-35-15-13-32(23-35)45(58)40-25-34(26-53-40)37-17-18-38(42-39(37)19-22-52(42)20-7-8-21-52)30-9-11-31(12-10-30)41-27-54-47(55-41)46-33-14-16-36(24-33)59(46)49(61)44(29(3)4)57-51(63)65-6/h9-12,17-18,26-29,32-33,35-36,43-46H,7-8,13-16,19-25H2,1-6H3,(H,54,55)(H,56,62)(H,57,63)/t32?,33?,35?,36?,43-,44-,45-,46-/m0/s1. The number of carbonyl (C=O) groups excluding carboxylic acids is 4. The van der Waals surface area contributed by atoms with Crippen LogP contribution in [0.1, 0.15) is 133 Å². The fourth-order valence-corrected chi connectivity index (χ4v) is 13.5. The molecule has 4 aliphatic carbocycles. The topological polar surface area (TPSA) is 158 Å². The van der Waals surface area contributed by atoms with Gasteiger partial charge in [-0.3, -0.25) is 14.6 Å². The molecule has 1 aromatic heterocycles. The molecule has 13 heteroatoms. The number of nitrogens with zero attached hydrogens (tertiary/aromatic N) is 4. The van der Waals surface area contributed by atoms with E-state index in [0.29, 0.717) is 11.8 Å². The van der Waals surface area contributed by atoms with Crippen LogP contribution in [0.2, 0.25) is 0 Å². The van der Waals surface area contributed by atoms with Gasteiger partial charge in [-0.15, -0.1) is 0 Å². The first-order valence-corrected chi connectivity index (χ1v) is 24.3. The molecule has 4 amide bonds. The monoisotopic (exact) mass is 883 g/mol. The molecule has 0 radical (unpaired) electrons. The van der Waals surface area contributed by atoms with E-state index in [-0.39, 0.29) is 53.2 Å². The normalized spacial score (nSPS) is 26.8. The number of nitrogens with one attached hydrogen (secondary N) is 3. The summed E-state index contributed by atoms with van der Waals surface area (Å²) in [6.07, 6.45) is 16.7. The van der Waals surface area contributed by atoms with Crippen LogP contribution in [0.3, 0.4) is 0 Å². The molecule has 10 rings (SSSR count). The van der Waals surface area contributed by atoms with Crippen molar-refractivity contribution in [2.45, 2.75) is 153 Å². The minimum Gasteiger partial charge on any atom is -0.453 e. The van der Waals surface area contributed by atoms with E-state index < -0.39 is 24.3 Å². The van der Waals surface area contributed by atoms with Crippen LogP contribution >= 0.6 is 0 Å². The van der Waals surface area contributed by atoms with E-state index in [2.05, 4.69) is 63.1 Å². The number of hydrogen-bond acceptors (Lipinski definition) is 8. The summed E-state index contributed by atoms with van der Waals surface area (Å²) in [6, 6.07) is 12.3. The molecule has 3 saturated carbocycles. The minimum absolute atomic E-state index is 0.0310. The first-order chi connectivity index (χ1) is 31.4. The molecule has 344 valence electrons. The second-order valence-corrected chi connectivity index (χ2v) is 20.8. The van der Waals surface area contributed by atoms with Crippen molar-refractivity contribution < 1.29 is 28.7 Å². The van der Waals surface area contributed by atoms with Crippen LogP contribution in [0, 0.1) is 23.7 Å². The zero-order valence-corrected chi connectivity index (χ0v) is 38.8. The fraction of sp³-hybridized carbons (Fsp3) is 0.577. The summed E-state index contributed by atoms with van der Waals surface area (Å²) in [5, 5.41) is 5.62. The van der Waals surface area contributed by atoms with Crippen molar-refractivity contribution in [2.24, 2.45) is 28.7 Å². The van der Waals surface area contributed by atoms with Crippen LogP contribution in [0.4, 0.5) is 9.59 Å². The average Bonchev–Trinajstić information content (AvgIpc) is 4.18. The number of alkyl carbamates (subject to hydrolysis) is 2. The van der Waals surface area contributed by atoms with Gasteiger partial charge in [0, 0.05) is 30.4 Å². The molecular weight excluding hydrogens is 819 g/mol. The SMILES string of the molecule is COC(=O)N[C@H](C(=O)N1C2CCC(C2)[C@H]1C1=NC=C(c2ccc(-c3ccc(-c4cnc([C@@H]5C6CCC(C6)N5C(=O)[C@@H](NC(=O)OC)C(C)C)[nH]4)cc3)c3c2CCC32CCCC2)C1)C(C)C. The Balaban J connectivity index is 0.896. The van der Waals surface area contributed by atoms with Crippen LogP contribution < -0.4 is 10.6 Å². The van der Waals surface area contributed by atoms with Gasteiger partial charge in [-0.1, -0.05) is 76.9 Å². The number of H-pyrrole nitrogens is 1. The molecule has 65 heavy (non-hydrogen) atoms. The Morgan fingerprint density at radius 2 is 1.31 bits per heavy atom. The van der Waals surface area contributed by atoms with E-state index in [4.69, 9.17) is 19.5 Å². The molecular formula is C52H65N7O6. The number of methoxy groups -OCH3 is 2. The summed E-state index contributed by atoms with van der Waals surface area (Å²) in [5.41, 5.74) is 11.3. The van der Waals surface area contributed by atoms with Crippen LogP contribution in [-0.2, 0) is 30.9 Å². The second-order valence-electron chi connectivity index (χ2n) is 20.8. The number of ether oxygens (including phenoxy) is 2. The third kappa shape index (κ3) is 7.45. The number of rotatable bonds is 11. The van der Waals surface area contributed by atoms with Crippen molar-refractivity contribution in [1.82, 2.24) is 30.4 Å². The molecule has 13 nitrogen and oxygen atoms in total. The summed E-state index contributed by atoms with van der Waals surface area (Å²) < 4.78 is 9.77. The molecule has 2 saturated heterocycles. The Labute approximate surface area is 382 Å². The van der Waals surface area contributed by atoms with Crippen molar-refractivity contribution in [1.29, 1.82) is 0 Å². The van der Waals surface area contributed by atoms with Crippen LogP contribution in [-0.4, -0.2) is 93.9 Å². The number of allylic oxidation sites excluding steroid dienone is 1. The summed E-state index contributed by atoms with van der Waals surface area (Å²) in [6.45, 7) is 7.83. The molecule has 7 aliphatic rings. The molecule has 2 aromatic carbocycles. The lowest BCUT2D eigenvalue weighted by Crippen LogP contribution is -2.57. The Kier molecular flexibility index (Phi) is 11.4. The van der Waals surface area contributed by atoms with Crippen molar-refractivity contribution >= 4 is 35.3 Å². The molecule has 8 atom stereocenters. The third-order valence-electron chi connectivity index (χ3n) is 16.5. The van der Waals surface area contributed by atoms with Gasteiger partial charge >= 0.3 is 12.2 Å². The number of benzene rings is 2. The highest BCUT2D eigenvalue weighted by molar-refractivity contribution is 6.05. The number of aromatic nitrogens is 2. The van der Waals surface area contributed by atoms with Crippen molar-refractivity contribution in [3.05, 3.63) is 71.3 Å². The van der Waals surface area contributed by atoms with Gasteiger partial charge in [0.25, 0.3) is 0 Å². The van der Waals surface area contributed by atoms with Gasteiger partial charge in [-0.2, -0.15) is 0 Å². The second kappa shape index (κ2) is 17.1. The zero-order chi connectivity index (χ0) is 45.3. The number of aromatic amines is 1. The van der Waals surface area contributed by atoms with Crippen LogP contribution in [0.25, 0.3) is 28.0 Å². The zero-order valence-electron chi connectivity index (χ0n) is 38.8. The number of likely N-dealkylation sites (tertiary alicyclic amines) is 2. The number of piperidine rings is 2. The van der Waals surface area contributed by atoms with Gasteiger partial charge in [-0.25, -0.2) is 14.6 Å². The minimum atomic E-state index is -0.678. The third-order valence-corrected chi connectivity index (χ3v) is 16.5. The van der Waals surface area contributed by atoms with E-state index in [0.717, 1.165) is 74.2 Å². The van der Waals surface area contributed by atoms with Crippen molar-refractivity contribution in [3.8, 4) is 22.4 Å². The molecule has 5 fully saturated rings. The van der Waals surface area contributed by atoms with Gasteiger partial charge < -0.3 is 34.9 Å². The summed E-state index contributed by atoms with van der Waals surface area (Å²) in [7, 11) is 2.66. The lowest BCUT2D eigenvalue weighted by molar-refractivity contribution is -0.139. The number of fused-ring (bicyclic) bond motifs is 6. The number of carbonyl (C=O) groups is 4. The fourth-order valence-electron chi connectivity index (χ4n) is 13.5. The smallest absolute Gasteiger partial charge is 0.407 e. The predicted molar refractivity (Wildman–Crippen MR) is 249 cm³/mol. The summed E-state index contributed by atoms with van der Waals surface area (Å²) in [5.74, 6) is 1.21. The first-order valence-electron chi connectivity index (χ1n) is 24.3. The van der Waals surface area contributed by atoms with Gasteiger partial charge in [-0.05, 0) is 132 Å². The molecule has 3 aromatic rings. The van der Waals surface area contributed by atoms with E-state index in [1.54, 1.807) is 0 Å². The van der Waals surface area contributed by atoms with E-state index >= 15 is 0 Å². The van der Waals surface area contributed by atoms with E-state index in [1.807, 2.05) is 38.8 Å².